The summed E-state index contributed by atoms with van der Waals surface area (Å²) in [6.07, 6.45) is 4.31. The summed E-state index contributed by atoms with van der Waals surface area (Å²) >= 11 is 6.23. The summed E-state index contributed by atoms with van der Waals surface area (Å²) < 4.78 is 0. The minimum atomic E-state index is -0.0325. The molecule has 1 aliphatic rings. The van der Waals surface area contributed by atoms with Crippen molar-refractivity contribution in [3.8, 4) is 11.3 Å². The normalized spacial score (nSPS) is 13.0. The van der Waals surface area contributed by atoms with E-state index in [9.17, 15) is 4.79 Å². The number of rotatable bonds is 2. The Kier molecular flexibility index (Phi) is 4.06. The second kappa shape index (κ2) is 6.73. The molecule has 2 aromatic heterocycles. The number of halogens is 1. The van der Waals surface area contributed by atoms with Gasteiger partial charge in [0.2, 0.25) is 0 Å². The van der Waals surface area contributed by atoms with Crippen LogP contribution < -0.4 is 4.90 Å². The molecule has 28 heavy (non-hydrogen) atoms. The number of pyridine rings is 2. The van der Waals surface area contributed by atoms with E-state index in [1.54, 1.807) is 18.5 Å². The summed E-state index contributed by atoms with van der Waals surface area (Å²) in [7, 11) is 0. The predicted octanol–water partition coefficient (Wildman–Crippen LogP) is 5.15. The summed E-state index contributed by atoms with van der Waals surface area (Å²) in [5.74, 6) is -0.0325. The van der Waals surface area contributed by atoms with Gasteiger partial charge in [0.15, 0.2) is 0 Å². The first-order valence-electron chi connectivity index (χ1n) is 9.11. The molecule has 0 N–H and O–H groups in total. The number of amides is 1. The van der Waals surface area contributed by atoms with E-state index >= 15 is 0 Å². The van der Waals surface area contributed by atoms with Crippen molar-refractivity contribution >= 4 is 34.1 Å². The minimum Gasteiger partial charge on any atom is -0.308 e. The van der Waals surface area contributed by atoms with Gasteiger partial charge in [-0.25, -0.2) is 4.98 Å². The molecule has 5 heteroatoms. The topological polar surface area (TPSA) is 46.1 Å². The molecule has 0 aliphatic carbocycles. The standard InChI is InChI=1S/C23H16ClN3O/c24-17-5-6-20-18(13-17)19(14-21(26-20)15-7-10-25-11-8-15)23(28)27-12-9-16-3-1-2-4-22(16)27/h1-8,10-11,13-14H,9,12H2. The molecule has 4 aromatic rings. The average molecular weight is 386 g/mol. The number of anilines is 1. The van der Waals surface area contributed by atoms with Gasteiger partial charge in [-0.15, -0.1) is 0 Å². The van der Waals surface area contributed by atoms with Crippen LogP contribution in [0.25, 0.3) is 22.2 Å². The third kappa shape index (κ3) is 2.83. The van der Waals surface area contributed by atoms with Crippen molar-refractivity contribution in [2.75, 3.05) is 11.4 Å². The fourth-order valence-electron chi connectivity index (χ4n) is 3.74. The average Bonchev–Trinajstić information content (AvgIpc) is 3.17. The molecule has 5 rings (SSSR count). The molecule has 1 aliphatic heterocycles. The number of aromatic nitrogens is 2. The highest BCUT2D eigenvalue weighted by Gasteiger charge is 2.27. The second-order valence-electron chi connectivity index (χ2n) is 6.79. The number of para-hydroxylation sites is 1. The first-order valence-corrected chi connectivity index (χ1v) is 9.49. The largest absolute Gasteiger partial charge is 0.308 e. The maximum atomic E-state index is 13.6. The van der Waals surface area contributed by atoms with E-state index in [0.717, 1.165) is 34.3 Å². The van der Waals surface area contributed by atoms with Gasteiger partial charge in [-0.2, -0.15) is 0 Å². The molecule has 4 nitrogen and oxygen atoms in total. The van der Waals surface area contributed by atoms with Gasteiger partial charge in [-0.1, -0.05) is 29.8 Å². The number of nitrogens with zero attached hydrogens (tertiary/aromatic N) is 3. The number of benzene rings is 2. The van der Waals surface area contributed by atoms with Crippen LogP contribution in [0.5, 0.6) is 0 Å². The number of hydrogen-bond donors (Lipinski definition) is 0. The predicted molar refractivity (Wildman–Crippen MR) is 112 cm³/mol. The van der Waals surface area contributed by atoms with Gasteiger partial charge in [0.25, 0.3) is 5.91 Å². The number of carbonyl (C=O) groups excluding carboxylic acids is 1. The molecule has 0 bridgehead atoms. The highest BCUT2D eigenvalue weighted by atomic mass is 35.5. The maximum Gasteiger partial charge on any atom is 0.259 e. The van der Waals surface area contributed by atoms with E-state index in [1.807, 2.05) is 53.4 Å². The summed E-state index contributed by atoms with van der Waals surface area (Å²) in [6, 6.07) is 19.2. The van der Waals surface area contributed by atoms with Gasteiger partial charge in [0.05, 0.1) is 16.8 Å². The molecule has 1 amide bonds. The van der Waals surface area contributed by atoms with Crippen molar-refractivity contribution in [3.05, 3.63) is 89.2 Å². The van der Waals surface area contributed by atoms with Crippen LogP contribution in [0.2, 0.25) is 5.02 Å². The molecule has 0 saturated carbocycles. The summed E-state index contributed by atoms with van der Waals surface area (Å²) in [4.78, 5) is 24.2. The quantitative estimate of drug-likeness (QED) is 0.479. The molecule has 3 heterocycles. The van der Waals surface area contributed by atoms with Gasteiger partial charge in [-0.3, -0.25) is 9.78 Å². The van der Waals surface area contributed by atoms with Crippen molar-refractivity contribution in [2.24, 2.45) is 0 Å². The van der Waals surface area contributed by atoms with Crippen LogP contribution in [0.3, 0.4) is 0 Å². The zero-order valence-corrected chi connectivity index (χ0v) is 15.7. The lowest BCUT2D eigenvalue weighted by atomic mass is 10.0. The first kappa shape index (κ1) is 16.9. The van der Waals surface area contributed by atoms with Crippen molar-refractivity contribution < 1.29 is 4.79 Å². The van der Waals surface area contributed by atoms with Gasteiger partial charge in [0.1, 0.15) is 0 Å². The van der Waals surface area contributed by atoms with Crippen LogP contribution in [-0.4, -0.2) is 22.4 Å². The first-order chi connectivity index (χ1) is 13.7. The molecular weight excluding hydrogens is 370 g/mol. The zero-order chi connectivity index (χ0) is 19.1. The Morgan fingerprint density at radius 1 is 1.00 bits per heavy atom. The van der Waals surface area contributed by atoms with Crippen molar-refractivity contribution in [1.29, 1.82) is 0 Å². The van der Waals surface area contributed by atoms with E-state index in [-0.39, 0.29) is 5.91 Å². The van der Waals surface area contributed by atoms with Crippen LogP contribution in [0.4, 0.5) is 5.69 Å². The van der Waals surface area contributed by atoms with Crippen LogP contribution in [0.1, 0.15) is 15.9 Å². The summed E-state index contributed by atoms with van der Waals surface area (Å²) in [6.45, 7) is 0.674. The molecule has 0 spiro atoms. The monoisotopic (exact) mass is 385 g/mol. The van der Waals surface area contributed by atoms with E-state index in [0.29, 0.717) is 17.1 Å². The fourth-order valence-corrected chi connectivity index (χ4v) is 3.91. The number of fused-ring (bicyclic) bond motifs is 2. The van der Waals surface area contributed by atoms with E-state index < -0.39 is 0 Å². The third-order valence-electron chi connectivity index (χ3n) is 5.11. The number of carbonyl (C=O) groups is 1. The minimum absolute atomic E-state index is 0.0325. The van der Waals surface area contributed by atoms with Gasteiger partial charge >= 0.3 is 0 Å². The van der Waals surface area contributed by atoms with Gasteiger partial charge in [-0.05, 0) is 54.4 Å². The summed E-state index contributed by atoms with van der Waals surface area (Å²) in [5.41, 5.74) is 5.19. The number of hydrogen-bond acceptors (Lipinski definition) is 3. The van der Waals surface area contributed by atoms with E-state index in [1.165, 1.54) is 5.56 Å². The Morgan fingerprint density at radius 2 is 1.82 bits per heavy atom. The lowest BCUT2D eigenvalue weighted by Crippen LogP contribution is -2.29. The van der Waals surface area contributed by atoms with Crippen LogP contribution >= 0.6 is 11.6 Å². The second-order valence-corrected chi connectivity index (χ2v) is 7.22. The Morgan fingerprint density at radius 3 is 2.68 bits per heavy atom. The van der Waals surface area contributed by atoms with Crippen molar-refractivity contribution in [1.82, 2.24) is 9.97 Å². The Labute approximate surface area is 167 Å². The SMILES string of the molecule is O=C(c1cc(-c2ccncc2)nc2ccc(Cl)cc12)N1CCc2ccccc21. The van der Waals surface area contributed by atoms with Gasteiger partial charge in [0, 0.05) is 40.6 Å². The Balaban J connectivity index is 1.69. The fraction of sp³-hybridized carbons (Fsp3) is 0.0870. The Bertz CT molecular complexity index is 1210. The molecule has 0 unspecified atom stereocenters. The third-order valence-corrected chi connectivity index (χ3v) is 5.34. The highest BCUT2D eigenvalue weighted by Crippen LogP contribution is 2.32. The van der Waals surface area contributed by atoms with Crippen molar-refractivity contribution in [2.45, 2.75) is 6.42 Å². The van der Waals surface area contributed by atoms with Gasteiger partial charge < -0.3 is 4.90 Å². The molecule has 0 radical (unpaired) electrons. The molecule has 2 aromatic carbocycles. The highest BCUT2D eigenvalue weighted by molar-refractivity contribution is 6.31. The molecule has 0 fully saturated rings. The molecule has 0 saturated heterocycles. The van der Waals surface area contributed by atoms with E-state index in [4.69, 9.17) is 16.6 Å². The lowest BCUT2D eigenvalue weighted by Gasteiger charge is -2.19. The zero-order valence-electron chi connectivity index (χ0n) is 15.0. The molecule has 136 valence electrons. The van der Waals surface area contributed by atoms with Crippen LogP contribution in [-0.2, 0) is 6.42 Å². The van der Waals surface area contributed by atoms with Crippen LogP contribution in [0.15, 0.2) is 73.1 Å². The molecule has 0 atom stereocenters. The molecular formula is C23H16ClN3O. The van der Waals surface area contributed by atoms with Crippen LogP contribution in [0, 0.1) is 0 Å². The maximum absolute atomic E-state index is 13.6. The summed E-state index contributed by atoms with van der Waals surface area (Å²) in [5, 5.41) is 1.35. The Hall–Kier alpha value is -3.24. The van der Waals surface area contributed by atoms with E-state index in [2.05, 4.69) is 11.1 Å². The lowest BCUT2D eigenvalue weighted by molar-refractivity contribution is 0.0991. The van der Waals surface area contributed by atoms with Crippen molar-refractivity contribution in [3.63, 3.8) is 0 Å². The smallest absolute Gasteiger partial charge is 0.259 e.